The summed E-state index contributed by atoms with van der Waals surface area (Å²) in [6.07, 6.45) is 2.98. The van der Waals surface area contributed by atoms with E-state index in [9.17, 15) is 14.4 Å². The fourth-order valence-corrected chi connectivity index (χ4v) is 5.84. The summed E-state index contributed by atoms with van der Waals surface area (Å²) in [6, 6.07) is 28.7. The molecular formula is C35H36BrN3O3. The van der Waals surface area contributed by atoms with Crippen LogP contribution < -0.4 is 10.2 Å². The van der Waals surface area contributed by atoms with Crippen molar-refractivity contribution < 1.29 is 14.4 Å². The lowest BCUT2D eigenvalue weighted by Crippen LogP contribution is -2.50. The molecule has 6 nitrogen and oxygen atoms in total. The standard InChI is InChI=1S/C35H36BrN3O3/c1-2-3-21-37-34(41)31(23-25-10-5-4-6-11-25)39(24-26-17-19-28(36)20-18-26)32(40)16-9-22-38-30-15-8-13-27-12-7-14-29(33(27)30)35(38)42/h4-8,10-15,17-20,31H,2-3,9,16,21-24H2,1H3,(H,37,41). The van der Waals surface area contributed by atoms with Crippen LogP contribution in [0.3, 0.4) is 0 Å². The van der Waals surface area contributed by atoms with Crippen LogP contribution in [0.15, 0.2) is 95.5 Å². The van der Waals surface area contributed by atoms with Gasteiger partial charge in [0, 0.05) is 47.9 Å². The first-order chi connectivity index (χ1) is 20.5. The fourth-order valence-electron chi connectivity index (χ4n) is 5.58. The molecule has 1 unspecified atom stereocenters. The molecule has 0 spiro atoms. The second-order valence-corrected chi connectivity index (χ2v) is 11.7. The SMILES string of the molecule is CCCCNC(=O)C(Cc1ccccc1)N(Cc1ccc(Br)cc1)C(=O)CCCN1C(=O)c2cccc3cccc1c23. The molecule has 0 aromatic heterocycles. The van der Waals surface area contributed by atoms with Gasteiger partial charge in [0.05, 0.1) is 5.69 Å². The number of carbonyl (C=O) groups excluding carboxylic acids is 3. The number of anilines is 1. The summed E-state index contributed by atoms with van der Waals surface area (Å²) in [6.45, 7) is 3.40. The van der Waals surface area contributed by atoms with E-state index in [4.69, 9.17) is 0 Å². The summed E-state index contributed by atoms with van der Waals surface area (Å²) in [5, 5.41) is 5.08. The zero-order valence-electron chi connectivity index (χ0n) is 23.9. The number of rotatable bonds is 13. The highest BCUT2D eigenvalue weighted by Gasteiger charge is 2.32. The maximum Gasteiger partial charge on any atom is 0.258 e. The average Bonchev–Trinajstić information content (AvgIpc) is 3.28. The predicted molar refractivity (Wildman–Crippen MR) is 171 cm³/mol. The van der Waals surface area contributed by atoms with E-state index < -0.39 is 6.04 Å². The van der Waals surface area contributed by atoms with Crippen LogP contribution in [0.5, 0.6) is 0 Å². The monoisotopic (exact) mass is 625 g/mol. The molecule has 42 heavy (non-hydrogen) atoms. The van der Waals surface area contributed by atoms with E-state index in [1.165, 1.54) is 0 Å². The van der Waals surface area contributed by atoms with Gasteiger partial charge in [-0.15, -0.1) is 0 Å². The van der Waals surface area contributed by atoms with Gasteiger partial charge in [-0.1, -0.05) is 96.0 Å². The van der Waals surface area contributed by atoms with Gasteiger partial charge >= 0.3 is 0 Å². The third kappa shape index (κ3) is 6.73. The molecule has 4 aromatic rings. The van der Waals surface area contributed by atoms with Crippen LogP contribution in [0.2, 0.25) is 0 Å². The lowest BCUT2D eigenvalue weighted by atomic mass is 10.0. The number of amides is 3. The smallest absolute Gasteiger partial charge is 0.258 e. The van der Waals surface area contributed by atoms with E-state index in [2.05, 4.69) is 28.2 Å². The zero-order chi connectivity index (χ0) is 29.5. The van der Waals surface area contributed by atoms with E-state index in [-0.39, 0.29) is 24.1 Å². The Bertz CT molecular complexity index is 1550. The summed E-state index contributed by atoms with van der Waals surface area (Å²) in [7, 11) is 0. The van der Waals surface area contributed by atoms with Gasteiger partial charge in [-0.25, -0.2) is 0 Å². The van der Waals surface area contributed by atoms with E-state index in [1.54, 1.807) is 9.80 Å². The minimum atomic E-state index is -0.660. The summed E-state index contributed by atoms with van der Waals surface area (Å²) >= 11 is 3.49. The zero-order valence-corrected chi connectivity index (χ0v) is 25.5. The van der Waals surface area contributed by atoms with Gasteiger partial charge in [-0.2, -0.15) is 0 Å². The summed E-state index contributed by atoms with van der Waals surface area (Å²) < 4.78 is 0.952. The third-order valence-electron chi connectivity index (χ3n) is 7.79. The van der Waals surface area contributed by atoms with E-state index in [0.717, 1.165) is 44.9 Å². The highest BCUT2D eigenvalue weighted by Crippen LogP contribution is 2.37. The van der Waals surface area contributed by atoms with Crippen molar-refractivity contribution >= 4 is 50.1 Å². The molecule has 216 valence electrons. The number of benzene rings is 4. The van der Waals surface area contributed by atoms with Gasteiger partial charge in [0.25, 0.3) is 5.91 Å². The Labute approximate surface area is 255 Å². The minimum absolute atomic E-state index is 0.0294. The van der Waals surface area contributed by atoms with Crippen molar-refractivity contribution in [1.29, 1.82) is 0 Å². The summed E-state index contributed by atoms with van der Waals surface area (Å²) in [5.74, 6) is -0.278. The Kier molecular flexibility index (Phi) is 9.70. The lowest BCUT2D eigenvalue weighted by molar-refractivity contribution is -0.141. The third-order valence-corrected chi connectivity index (χ3v) is 8.32. The molecule has 3 amide bonds. The van der Waals surface area contributed by atoms with Crippen LogP contribution in [-0.2, 0) is 22.6 Å². The van der Waals surface area contributed by atoms with Crippen molar-refractivity contribution in [2.45, 2.75) is 51.6 Å². The first-order valence-electron chi connectivity index (χ1n) is 14.7. The topological polar surface area (TPSA) is 69.7 Å². The average molecular weight is 627 g/mol. The molecule has 1 atom stereocenters. The van der Waals surface area contributed by atoms with Crippen LogP contribution in [0.1, 0.15) is 54.1 Å². The number of unbranched alkanes of at least 4 members (excludes halogenated alkanes) is 1. The van der Waals surface area contributed by atoms with Crippen molar-refractivity contribution in [3.05, 3.63) is 112 Å². The molecule has 5 rings (SSSR count). The second kappa shape index (κ2) is 13.8. The molecule has 0 aliphatic carbocycles. The number of carbonyl (C=O) groups is 3. The molecular weight excluding hydrogens is 590 g/mol. The predicted octanol–water partition coefficient (Wildman–Crippen LogP) is 6.90. The Morgan fingerprint density at radius 1 is 0.881 bits per heavy atom. The first-order valence-corrected chi connectivity index (χ1v) is 15.4. The number of nitrogens with zero attached hydrogens (tertiary/aromatic N) is 2. The van der Waals surface area contributed by atoms with Gasteiger partial charge in [0.15, 0.2) is 0 Å². The Hall–Kier alpha value is -3.97. The summed E-state index contributed by atoms with van der Waals surface area (Å²) in [5.41, 5.74) is 3.54. The van der Waals surface area contributed by atoms with Crippen LogP contribution in [0, 0.1) is 0 Å². The van der Waals surface area contributed by atoms with Gasteiger partial charge in [0.2, 0.25) is 11.8 Å². The molecule has 1 N–H and O–H groups in total. The molecule has 1 aliphatic rings. The number of nitrogens with one attached hydrogen (secondary N) is 1. The Morgan fingerprint density at radius 3 is 2.36 bits per heavy atom. The van der Waals surface area contributed by atoms with Crippen molar-refractivity contribution in [2.24, 2.45) is 0 Å². The van der Waals surface area contributed by atoms with Gasteiger partial charge in [-0.05, 0) is 53.6 Å². The number of halogens is 1. The number of hydrogen-bond acceptors (Lipinski definition) is 3. The largest absolute Gasteiger partial charge is 0.354 e. The highest BCUT2D eigenvalue weighted by atomic mass is 79.9. The van der Waals surface area contributed by atoms with Crippen LogP contribution in [-0.4, -0.2) is 41.8 Å². The highest BCUT2D eigenvalue weighted by molar-refractivity contribution is 9.10. The van der Waals surface area contributed by atoms with Gasteiger partial charge in [-0.3, -0.25) is 14.4 Å². The molecule has 1 aliphatic heterocycles. The van der Waals surface area contributed by atoms with Crippen LogP contribution >= 0.6 is 15.9 Å². The Balaban J connectivity index is 1.36. The molecule has 0 bridgehead atoms. The normalized spacial score (nSPS) is 12.9. The maximum atomic E-state index is 14.0. The van der Waals surface area contributed by atoms with Gasteiger partial charge in [0.1, 0.15) is 6.04 Å². The van der Waals surface area contributed by atoms with Crippen LogP contribution in [0.4, 0.5) is 5.69 Å². The maximum absolute atomic E-state index is 14.0. The minimum Gasteiger partial charge on any atom is -0.354 e. The molecule has 1 heterocycles. The fraction of sp³-hybridized carbons (Fsp3) is 0.286. The van der Waals surface area contributed by atoms with E-state index >= 15 is 0 Å². The van der Waals surface area contributed by atoms with E-state index in [1.807, 2.05) is 91.0 Å². The number of hydrogen-bond donors (Lipinski definition) is 1. The molecule has 0 fully saturated rings. The van der Waals surface area contributed by atoms with Crippen molar-refractivity contribution in [1.82, 2.24) is 10.2 Å². The quantitative estimate of drug-likeness (QED) is 0.164. The van der Waals surface area contributed by atoms with Crippen LogP contribution in [0.25, 0.3) is 10.8 Å². The molecule has 0 saturated heterocycles. The van der Waals surface area contributed by atoms with E-state index in [0.29, 0.717) is 38.0 Å². The van der Waals surface area contributed by atoms with Crippen molar-refractivity contribution in [2.75, 3.05) is 18.0 Å². The summed E-state index contributed by atoms with van der Waals surface area (Å²) in [4.78, 5) is 44.3. The molecule has 0 radical (unpaired) electrons. The van der Waals surface area contributed by atoms with Crippen molar-refractivity contribution in [3.63, 3.8) is 0 Å². The lowest BCUT2D eigenvalue weighted by Gasteiger charge is -2.32. The first kappa shape index (κ1) is 29.5. The van der Waals surface area contributed by atoms with Gasteiger partial charge < -0.3 is 15.1 Å². The molecule has 7 heteroatoms. The molecule has 4 aromatic carbocycles. The van der Waals surface area contributed by atoms with Crippen molar-refractivity contribution in [3.8, 4) is 0 Å². The second-order valence-electron chi connectivity index (χ2n) is 10.7. The molecule has 0 saturated carbocycles. The Morgan fingerprint density at radius 2 is 1.62 bits per heavy atom.